The van der Waals surface area contributed by atoms with Gasteiger partial charge in [-0.25, -0.2) is 0 Å². The summed E-state index contributed by atoms with van der Waals surface area (Å²) in [4.78, 5) is 0. The monoisotopic (exact) mass is 175 g/mol. The molecule has 2 rings (SSSR count). The van der Waals surface area contributed by atoms with E-state index in [4.69, 9.17) is 0 Å². The van der Waals surface area contributed by atoms with Gasteiger partial charge >= 0.3 is 0 Å². The first-order valence-corrected chi connectivity index (χ1v) is 3.92. The number of hydrogen-bond donors (Lipinski definition) is 1. The third-order valence-electron chi connectivity index (χ3n) is 1.91. The van der Waals surface area contributed by atoms with Crippen LogP contribution in [0.25, 0.3) is 5.69 Å². The first-order valence-electron chi connectivity index (χ1n) is 3.92. The molecule has 0 aliphatic rings. The van der Waals surface area contributed by atoms with Crippen LogP contribution in [-0.4, -0.2) is 19.9 Å². The number of hydrogen-bond acceptors (Lipinski definition) is 3. The summed E-state index contributed by atoms with van der Waals surface area (Å²) in [6, 6.07) is 5.54. The number of aromatic nitrogens is 3. The highest BCUT2D eigenvalue weighted by Crippen LogP contribution is 2.24. The summed E-state index contributed by atoms with van der Waals surface area (Å²) in [6.07, 6.45) is 3.10. The fourth-order valence-electron chi connectivity index (χ4n) is 1.18. The summed E-state index contributed by atoms with van der Waals surface area (Å²) >= 11 is 0. The van der Waals surface area contributed by atoms with Crippen LogP contribution in [0.2, 0.25) is 0 Å². The summed E-state index contributed by atoms with van der Waals surface area (Å²) in [7, 11) is 0. The summed E-state index contributed by atoms with van der Waals surface area (Å²) in [5.41, 5.74) is 1.54. The average molecular weight is 175 g/mol. The molecule has 1 aromatic heterocycles. The molecule has 0 aliphatic heterocycles. The quantitative estimate of drug-likeness (QED) is 0.710. The van der Waals surface area contributed by atoms with Crippen LogP contribution < -0.4 is 0 Å². The van der Waals surface area contributed by atoms with Crippen molar-refractivity contribution >= 4 is 0 Å². The van der Waals surface area contributed by atoms with E-state index in [1.165, 1.54) is 0 Å². The molecule has 2 aromatic rings. The van der Waals surface area contributed by atoms with Crippen LogP contribution in [0.3, 0.4) is 0 Å². The van der Waals surface area contributed by atoms with Crippen molar-refractivity contribution in [3.8, 4) is 11.4 Å². The number of phenolic OH excluding ortho intramolecular Hbond substituents is 1. The lowest BCUT2D eigenvalue weighted by Crippen LogP contribution is -1.91. The van der Waals surface area contributed by atoms with E-state index in [1.807, 2.05) is 25.1 Å². The highest BCUT2D eigenvalue weighted by molar-refractivity contribution is 5.49. The zero-order chi connectivity index (χ0) is 9.26. The largest absolute Gasteiger partial charge is 0.505 e. The molecule has 13 heavy (non-hydrogen) atoms. The Kier molecular flexibility index (Phi) is 1.73. The van der Waals surface area contributed by atoms with E-state index in [-0.39, 0.29) is 5.75 Å². The molecule has 0 bridgehead atoms. The molecule has 0 unspecified atom stereocenters. The third-order valence-corrected chi connectivity index (χ3v) is 1.91. The number of benzene rings is 1. The zero-order valence-electron chi connectivity index (χ0n) is 7.18. The fourth-order valence-corrected chi connectivity index (χ4v) is 1.18. The van der Waals surface area contributed by atoms with Crippen molar-refractivity contribution in [1.82, 2.24) is 14.8 Å². The van der Waals surface area contributed by atoms with Crippen molar-refractivity contribution in [3.05, 3.63) is 36.4 Å². The average Bonchev–Trinajstić information content (AvgIpc) is 2.62. The van der Waals surface area contributed by atoms with Crippen molar-refractivity contribution in [1.29, 1.82) is 0 Å². The molecule has 0 saturated carbocycles. The molecule has 0 saturated heterocycles. The van der Waals surface area contributed by atoms with Crippen molar-refractivity contribution in [2.24, 2.45) is 0 Å². The van der Waals surface area contributed by atoms with Crippen molar-refractivity contribution in [2.45, 2.75) is 6.92 Å². The maximum atomic E-state index is 9.69. The van der Waals surface area contributed by atoms with Crippen LogP contribution in [0, 0.1) is 6.92 Å². The number of para-hydroxylation sites is 1. The molecular weight excluding hydrogens is 166 g/mol. The first kappa shape index (κ1) is 7.79. The highest BCUT2D eigenvalue weighted by Gasteiger charge is 2.04. The third kappa shape index (κ3) is 1.26. The van der Waals surface area contributed by atoms with Gasteiger partial charge in [0.05, 0.1) is 5.69 Å². The molecule has 0 fully saturated rings. The van der Waals surface area contributed by atoms with E-state index in [1.54, 1.807) is 17.2 Å². The molecule has 1 N–H and O–H groups in total. The highest BCUT2D eigenvalue weighted by atomic mass is 16.3. The van der Waals surface area contributed by atoms with E-state index < -0.39 is 0 Å². The van der Waals surface area contributed by atoms with Gasteiger partial charge in [-0.15, -0.1) is 10.2 Å². The Bertz CT molecular complexity index is 409. The molecule has 0 atom stereocenters. The Morgan fingerprint density at radius 2 is 1.92 bits per heavy atom. The minimum absolute atomic E-state index is 0.266. The van der Waals surface area contributed by atoms with E-state index in [0.29, 0.717) is 5.69 Å². The lowest BCUT2D eigenvalue weighted by Gasteiger charge is -2.05. The van der Waals surface area contributed by atoms with Crippen molar-refractivity contribution in [2.75, 3.05) is 0 Å². The predicted octanol–water partition coefficient (Wildman–Crippen LogP) is 1.28. The maximum absolute atomic E-state index is 9.69. The van der Waals surface area contributed by atoms with Gasteiger partial charge in [0.25, 0.3) is 0 Å². The number of phenols is 1. The number of nitrogens with zero attached hydrogens (tertiary/aromatic N) is 3. The van der Waals surface area contributed by atoms with Crippen LogP contribution in [0.5, 0.6) is 5.75 Å². The van der Waals surface area contributed by atoms with E-state index in [0.717, 1.165) is 5.56 Å². The minimum atomic E-state index is 0.266. The molecular formula is C9H9N3O. The van der Waals surface area contributed by atoms with Gasteiger partial charge < -0.3 is 5.11 Å². The molecule has 4 nitrogen and oxygen atoms in total. The number of aromatic hydroxyl groups is 1. The number of rotatable bonds is 1. The Morgan fingerprint density at radius 1 is 1.23 bits per heavy atom. The molecule has 1 heterocycles. The van der Waals surface area contributed by atoms with Gasteiger partial charge in [-0.2, -0.15) is 0 Å². The Hall–Kier alpha value is -1.84. The number of aryl methyl sites for hydroxylation is 1. The van der Waals surface area contributed by atoms with Gasteiger partial charge in [-0.3, -0.25) is 4.57 Å². The van der Waals surface area contributed by atoms with Crippen LogP contribution in [0.1, 0.15) is 5.56 Å². The van der Waals surface area contributed by atoms with Gasteiger partial charge in [0, 0.05) is 0 Å². The second kappa shape index (κ2) is 2.90. The van der Waals surface area contributed by atoms with Gasteiger partial charge in [0.2, 0.25) is 0 Å². The normalized spacial score (nSPS) is 10.2. The van der Waals surface area contributed by atoms with E-state index >= 15 is 0 Å². The lowest BCUT2D eigenvalue weighted by molar-refractivity contribution is 0.468. The second-order valence-corrected chi connectivity index (χ2v) is 2.81. The van der Waals surface area contributed by atoms with Gasteiger partial charge in [0.15, 0.2) is 0 Å². The summed E-state index contributed by atoms with van der Waals surface area (Å²) in [5, 5.41) is 17.0. The molecule has 0 radical (unpaired) electrons. The van der Waals surface area contributed by atoms with Gasteiger partial charge in [0.1, 0.15) is 18.4 Å². The molecule has 0 spiro atoms. The van der Waals surface area contributed by atoms with Crippen LogP contribution in [0.4, 0.5) is 0 Å². The second-order valence-electron chi connectivity index (χ2n) is 2.81. The van der Waals surface area contributed by atoms with E-state index in [2.05, 4.69) is 10.2 Å². The Balaban J connectivity index is 2.59. The topological polar surface area (TPSA) is 50.9 Å². The van der Waals surface area contributed by atoms with Crippen LogP contribution >= 0.6 is 0 Å². The SMILES string of the molecule is Cc1cccc(-n2cnnc2)c1O. The first-order chi connectivity index (χ1) is 6.29. The van der Waals surface area contributed by atoms with Gasteiger partial charge in [-0.05, 0) is 18.6 Å². The predicted molar refractivity (Wildman–Crippen MR) is 47.8 cm³/mol. The maximum Gasteiger partial charge on any atom is 0.142 e. The Morgan fingerprint density at radius 3 is 2.62 bits per heavy atom. The Labute approximate surface area is 75.5 Å². The molecule has 4 heteroatoms. The lowest BCUT2D eigenvalue weighted by atomic mass is 10.2. The summed E-state index contributed by atoms with van der Waals surface area (Å²) in [6.45, 7) is 1.85. The van der Waals surface area contributed by atoms with E-state index in [9.17, 15) is 5.11 Å². The standard InChI is InChI=1S/C9H9N3O/c1-7-3-2-4-8(9(7)13)12-5-10-11-6-12/h2-6,13H,1H3. The fraction of sp³-hybridized carbons (Fsp3) is 0.111. The van der Waals surface area contributed by atoms with Gasteiger partial charge in [-0.1, -0.05) is 12.1 Å². The van der Waals surface area contributed by atoms with Crippen molar-refractivity contribution < 1.29 is 5.11 Å². The molecule has 66 valence electrons. The zero-order valence-corrected chi connectivity index (χ0v) is 7.18. The minimum Gasteiger partial charge on any atom is -0.505 e. The summed E-state index contributed by atoms with van der Waals surface area (Å²) < 4.78 is 1.67. The molecule has 0 aliphatic carbocycles. The molecule has 0 amide bonds. The van der Waals surface area contributed by atoms with Crippen LogP contribution in [0.15, 0.2) is 30.9 Å². The summed E-state index contributed by atoms with van der Waals surface area (Å²) in [5.74, 6) is 0.266. The van der Waals surface area contributed by atoms with Crippen LogP contribution in [-0.2, 0) is 0 Å². The smallest absolute Gasteiger partial charge is 0.142 e. The van der Waals surface area contributed by atoms with Crippen molar-refractivity contribution in [3.63, 3.8) is 0 Å². The molecule has 1 aromatic carbocycles.